The molecule has 1 aromatic rings. The van der Waals surface area contributed by atoms with E-state index in [-0.39, 0.29) is 11.5 Å². The molecule has 1 unspecified atom stereocenters. The van der Waals surface area contributed by atoms with Gasteiger partial charge in [0.15, 0.2) is 0 Å². The number of aryl methyl sites for hydroxylation is 1. The molecule has 1 rings (SSSR count). The Balaban J connectivity index is 2.85. The summed E-state index contributed by atoms with van der Waals surface area (Å²) in [6, 6.07) is 6.45. The second-order valence-electron chi connectivity index (χ2n) is 5.99. The monoisotopic (exact) mass is 249 g/mol. The summed E-state index contributed by atoms with van der Waals surface area (Å²) >= 11 is 0. The number of ether oxygens (including phenoxy) is 1. The summed E-state index contributed by atoms with van der Waals surface area (Å²) in [5.74, 6) is 0.965. The highest BCUT2D eigenvalue weighted by atomic mass is 16.5. The van der Waals surface area contributed by atoms with Crippen LogP contribution in [0.1, 0.15) is 51.7 Å². The van der Waals surface area contributed by atoms with Crippen LogP contribution >= 0.6 is 0 Å². The average Bonchev–Trinajstić information content (AvgIpc) is 2.29. The molecule has 1 aromatic carbocycles. The van der Waals surface area contributed by atoms with Crippen molar-refractivity contribution in [1.29, 1.82) is 0 Å². The second kappa shape index (κ2) is 6.24. The van der Waals surface area contributed by atoms with Gasteiger partial charge in [0.1, 0.15) is 11.9 Å². The molecule has 0 radical (unpaired) electrons. The minimum atomic E-state index is 0.134. The zero-order chi connectivity index (χ0) is 13.8. The van der Waals surface area contributed by atoms with Gasteiger partial charge in [-0.25, -0.2) is 0 Å². The van der Waals surface area contributed by atoms with Crippen molar-refractivity contribution in [2.45, 2.75) is 59.0 Å². The van der Waals surface area contributed by atoms with E-state index in [0.717, 1.165) is 18.6 Å². The van der Waals surface area contributed by atoms with Crippen molar-refractivity contribution in [3.63, 3.8) is 0 Å². The number of rotatable bonds is 5. The smallest absolute Gasteiger partial charge is 0.122 e. The first-order valence-corrected chi connectivity index (χ1v) is 6.86. The molecule has 0 bridgehead atoms. The number of hydrogen-bond donors (Lipinski definition) is 1. The molecule has 0 heterocycles. The summed E-state index contributed by atoms with van der Waals surface area (Å²) in [5.41, 5.74) is 8.44. The minimum absolute atomic E-state index is 0.134. The van der Waals surface area contributed by atoms with Crippen LogP contribution in [0.25, 0.3) is 0 Å². The average molecular weight is 249 g/mol. The first kappa shape index (κ1) is 15.0. The maximum Gasteiger partial charge on any atom is 0.122 e. The van der Waals surface area contributed by atoms with E-state index in [9.17, 15) is 0 Å². The van der Waals surface area contributed by atoms with Gasteiger partial charge in [0, 0.05) is 6.54 Å². The minimum Gasteiger partial charge on any atom is -0.489 e. The Kier molecular flexibility index (Phi) is 5.21. The molecule has 0 saturated carbocycles. The standard InChI is InChI=1S/C16H27NO/c1-6-7-14(11-17)18-15-9-8-13(10-12(15)2)16(3,4)5/h8-10,14H,6-7,11,17H2,1-5H3. The molecular weight excluding hydrogens is 222 g/mol. The van der Waals surface area contributed by atoms with E-state index >= 15 is 0 Å². The number of hydrogen-bond acceptors (Lipinski definition) is 2. The quantitative estimate of drug-likeness (QED) is 0.861. The molecule has 0 aromatic heterocycles. The number of benzene rings is 1. The first-order chi connectivity index (χ1) is 8.38. The lowest BCUT2D eigenvalue weighted by atomic mass is 9.86. The lowest BCUT2D eigenvalue weighted by Gasteiger charge is -2.22. The predicted molar refractivity (Wildman–Crippen MR) is 78.3 cm³/mol. The SMILES string of the molecule is CCCC(CN)Oc1ccc(C(C)(C)C)cc1C. The third kappa shape index (κ3) is 4.02. The van der Waals surface area contributed by atoms with Crippen molar-refractivity contribution in [3.8, 4) is 5.75 Å². The van der Waals surface area contributed by atoms with E-state index in [0.29, 0.717) is 6.54 Å². The third-order valence-electron chi connectivity index (χ3n) is 3.21. The van der Waals surface area contributed by atoms with Gasteiger partial charge in [0.05, 0.1) is 0 Å². The maximum absolute atomic E-state index is 5.98. The highest BCUT2D eigenvalue weighted by Crippen LogP contribution is 2.28. The molecule has 1 atom stereocenters. The molecule has 0 aliphatic carbocycles. The normalized spacial score (nSPS) is 13.4. The van der Waals surface area contributed by atoms with Crippen molar-refractivity contribution >= 4 is 0 Å². The van der Waals surface area contributed by atoms with Crippen LogP contribution < -0.4 is 10.5 Å². The van der Waals surface area contributed by atoms with Gasteiger partial charge >= 0.3 is 0 Å². The van der Waals surface area contributed by atoms with Gasteiger partial charge in [-0.3, -0.25) is 0 Å². The summed E-state index contributed by atoms with van der Waals surface area (Å²) in [6.45, 7) is 11.5. The highest BCUT2D eigenvalue weighted by Gasteiger charge is 2.15. The molecule has 2 N–H and O–H groups in total. The molecule has 0 aliphatic rings. The van der Waals surface area contributed by atoms with Crippen LogP contribution in [0.15, 0.2) is 18.2 Å². The fourth-order valence-electron chi connectivity index (χ4n) is 1.97. The fraction of sp³-hybridized carbons (Fsp3) is 0.625. The van der Waals surface area contributed by atoms with Crippen LogP contribution in [-0.4, -0.2) is 12.6 Å². The molecule has 0 spiro atoms. The van der Waals surface area contributed by atoms with E-state index in [4.69, 9.17) is 10.5 Å². The summed E-state index contributed by atoms with van der Waals surface area (Å²) in [7, 11) is 0. The van der Waals surface area contributed by atoms with Crippen LogP contribution in [0.2, 0.25) is 0 Å². The summed E-state index contributed by atoms with van der Waals surface area (Å²) in [4.78, 5) is 0. The lowest BCUT2D eigenvalue weighted by molar-refractivity contribution is 0.196. The van der Waals surface area contributed by atoms with E-state index in [1.165, 1.54) is 11.1 Å². The maximum atomic E-state index is 5.98. The van der Waals surface area contributed by atoms with Gasteiger partial charge in [-0.2, -0.15) is 0 Å². The zero-order valence-corrected chi connectivity index (χ0v) is 12.4. The molecule has 2 nitrogen and oxygen atoms in total. The van der Waals surface area contributed by atoms with Crippen molar-refractivity contribution in [2.75, 3.05) is 6.54 Å². The van der Waals surface area contributed by atoms with Gasteiger partial charge < -0.3 is 10.5 Å². The van der Waals surface area contributed by atoms with Crippen LogP contribution in [-0.2, 0) is 5.41 Å². The fourth-order valence-corrected chi connectivity index (χ4v) is 1.97. The first-order valence-electron chi connectivity index (χ1n) is 6.86. The van der Waals surface area contributed by atoms with E-state index < -0.39 is 0 Å². The van der Waals surface area contributed by atoms with E-state index in [1.807, 2.05) is 0 Å². The molecule has 18 heavy (non-hydrogen) atoms. The third-order valence-corrected chi connectivity index (χ3v) is 3.21. The molecule has 0 aliphatic heterocycles. The van der Waals surface area contributed by atoms with E-state index in [1.54, 1.807) is 0 Å². The van der Waals surface area contributed by atoms with Gasteiger partial charge in [-0.05, 0) is 36.0 Å². The van der Waals surface area contributed by atoms with Gasteiger partial charge in [0.2, 0.25) is 0 Å². The predicted octanol–water partition coefficient (Wildman–Crippen LogP) is 3.80. The van der Waals surface area contributed by atoms with Gasteiger partial charge in [-0.15, -0.1) is 0 Å². The van der Waals surface area contributed by atoms with Crippen LogP contribution in [0, 0.1) is 6.92 Å². The molecule has 102 valence electrons. The molecule has 0 fully saturated rings. The topological polar surface area (TPSA) is 35.2 Å². The van der Waals surface area contributed by atoms with Crippen molar-refractivity contribution in [2.24, 2.45) is 5.73 Å². The second-order valence-corrected chi connectivity index (χ2v) is 5.99. The summed E-state index contributed by atoms with van der Waals surface area (Å²) in [5, 5.41) is 0. The Bertz CT molecular complexity index is 379. The summed E-state index contributed by atoms with van der Waals surface area (Å²) in [6.07, 6.45) is 2.24. The van der Waals surface area contributed by atoms with Crippen LogP contribution in [0.5, 0.6) is 5.75 Å². The zero-order valence-electron chi connectivity index (χ0n) is 12.4. The molecule has 0 saturated heterocycles. The Hall–Kier alpha value is -1.02. The Morgan fingerprint density at radius 1 is 1.28 bits per heavy atom. The largest absolute Gasteiger partial charge is 0.489 e. The Morgan fingerprint density at radius 3 is 2.39 bits per heavy atom. The summed E-state index contributed by atoms with van der Waals surface area (Å²) < 4.78 is 5.98. The number of nitrogens with two attached hydrogens (primary N) is 1. The molecular formula is C16H27NO. The Morgan fingerprint density at radius 2 is 1.94 bits per heavy atom. The Labute approximate surface area is 112 Å². The van der Waals surface area contributed by atoms with Crippen molar-refractivity contribution < 1.29 is 4.74 Å². The van der Waals surface area contributed by atoms with Gasteiger partial charge in [-0.1, -0.05) is 46.2 Å². The highest BCUT2D eigenvalue weighted by molar-refractivity contribution is 5.38. The van der Waals surface area contributed by atoms with E-state index in [2.05, 4.69) is 52.8 Å². The van der Waals surface area contributed by atoms with Crippen molar-refractivity contribution in [3.05, 3.63) is 29.3 Å². The molecule has 2 heteroatoms. The van der Waals surface area contributed by atoms with Gasteiger partial charge in [0.25, 0.3) is 0 Å². The van der Waals surface area contributed by atoms with Crippen LogP contribution in [0.3, 0.4) is 0 Å². The molecule has 0 amide bonds. The van der Waals surface area contributed by atoms with Crippen molar-refractivity contribution in [1.82, 2.24) is 0 Å². The van der Waals surface area contributed by atoms with Crippen LogP contribution in [0.4, 0.5) is 0 Å². The lowest BCUT2D eigenvalue weighted by Crippen LogP contribution is -2.26.